The van der Waals surface area contributed by atoms with Crippen LogP contribution in [0.2, 0.25) is 0 Å². The van der Waals surface area contributed by atoms with Crippen molar-refractivity contribution in [3.05, 3.63) is 36.5 Å². The van der Waals surface area contributed by atoms with E-state index in [1.165, 1.54) is 141 Å². The Morgan fingerprint density at radius 3 is 1.36 bits per heavy atom. The third kappa shape index (κ3) is 40.8. The van der Waals surface area contributed by atoms with Gasteiger partial charge in [0.2, 0.25) is 5.91 Å². The van der Waals surface area contributed by atoms with E-state index in [4.69, 9.17) is 4.74 Å². The lowest BCUT2D eigenvalue weighted by molar-refractivity contribution is -0.151. The second kappa shape index (κ2) is 46.2. The van der Waals surface area contributed by atoms with Gasteiger partial charge >= 0.3 is 5.97 Å². The van der Waals surface area contributed by atoms with Crippen molar-refractivity contribution in [3.63, 3.8) is 0 Å². The number of nitrogens with one attached hydrogen (secondary N) is 1. The topological polar surface area (TPSA) is 95.9 Å². The van der Waals surface area contributed by atoms with E-state index in [0.29, 0.717) is 19.3 Å². The van der Waals surface area contributed by atoms with Gasteiger partial charge in [0.1, 0.15) is 6.10 Å². The molecule has 58 heavy (non-hydrogen) atoms. The summed E-state index contributed by atoms with van der Waals surface area (Å²) in [6.07, 6.45) is 53.4. The maximum atomic E-state index is 13.2. The van der Waals surface area contributed by atoms with Crippen LogP contribution in [-0.4, -0.2) is 46.9 Å². The summed E-state index contributed by atoms with van der Waals surface area (Å²) in [4.78, 5) is 26.1. The molecule has 0 aromatic carbocycles. The molecule has 0 saturated heterocycles. The third-order valence-electron chi connectivity index (χ3n) is 11.5. The predicted octanol–water partition coefficient (Wildman–Crippen LogP) is 14.9. The molecule has 0 heterocycles. The number of aliphatic hydroxyl groups is 2. The molecule has 0 saturated carbocycles. The number of carbonyl (C=O) groups is 2. The Kier molecular flexibility index (Phi) is 44.6. The van der Waals surface area contributed by atoms with Crippen LogP contribution in [-0.2, 0) is 14.3 Å². The van der Waals surface area contributed by atoms with Gasteiger partial charge in [0.15, 0.2) is 0 Å². The Morgan fingerprint density at radius 2 is 0.879 bits per heavy atom. The lowest BCUT2D eigenvalue weighted by atomic mass is 10.0. The summed E-state index contributed by atoms with van der Waals surface area (Å²) in [6.45, 7) is 6.43. The maximum Gasteiger partial charge on any atom is 0.306 e. The van der Waals surface area contributed by atoms with Gasteiger partial charge in [-0.2, -0.15) is 0 Å². The first-order chi connectivity index (χ1) is 28.5. The van der Waals surface area contributed by atoms with Crippen molar-refractivity contribution < 1.29 is 24.5 Å². The number of rotatable bonds is 45. The highest BCUT2D eigenvalue weighted by molar-refractivity contribution is 5.77. The van der Waals surface area contributed by atoms with Gasteiger partial charge in [-0.15, -0.1) is 0 Å². The average Bonchev–Trinajstić information content (AvgIpc) is 3.22. The van der Waals surface area contributed by atoms with Crippen molar-refractivity contribution in [3.8, 4) is 0 Å². The summed E-state index contributed by atoms with van der Waals surface area (Å²) < 4.78 is 5.92. The molecular formula is C52H97NO5. The number of unbranched alkanes of at least 4 members (excludes halogenated alkanes) is 28. The van der Waals surface area contributed by atoms with Crippen molar-refractivity contribution in [1.82, 2.24) is 5.32 Å². The summed E-state index contributed by atoms with van der Waals surface area (Å²) in [5.41, 5.74) is 0. The fraction of sp³-hybridized carbons (Fsp3) is 0.846. The van der Waals surface area contributed by atoms with Gasteiger partial charge in [-0.1, -0.05) is 205 Å². The number of esters is 1. The van der Waals surface area contributed by atoms with E-state index in [1.54, 1.807) is 0 Å². The first kappa shape index (κ1) is 56.1. The zero-order valence-corrected chi connectivity index (χ0v) is 38.7. The Morgan fingerprint density at radius 1 is 0.500 bits per heavy atom. The molecule has 3 N–H and O–H groups in total. The van der Waals surface area contributed by atoms with Crippen molar-refractivity contribution in [1.29, 1.82) is 0 Å². The molecule has 6 nitrogen and oxygen atoms in total. The van der Waals surface area contributed by atoms with Crippen LogP contribution in [0.4, 0.5) is 0 Å². The van der Waals surface area contributed by atoms with E-state index in [0.717, 1.165) is 70.6 Å². The fourth-order valence-corrected chi connectivity index (χ4v) is 7.59. The third-order valence-corrected chi connectivity index (χ3v) is 11.5. The monoisotopic (exact) mass is 816 g/mol. The van der Waals surface area contributed by atoms with E-state index < -0.39 is 18.2 Å². The standard InChI is InChI=1S/C52H97NO5/c1-4-7-10-13-16-19-21-23-25-27-29-32-34-37-40-43-48(46-51(56)53-49(47-54)50(55)44-41-38-35-31-18-15-12-9-6-3)58-52(57)45-42-39-36-33-30-28-26-24-22-20-17-14-11-8-5-2/h17,20,22-25,48-50,54-55H,4-16,18-19,21,26-47H2,1-3H3,(H,53,56)/b20-17+,24-22+,25-23+. The number of hydrogen-bond acceptors (Lipinski definition) is 5. The molecule has 3 unspecified atom stereocenters. The summed E-state index contributed by atoms with van der Waals surface area (Å²) in [6, 6.07) is -0.703. The predicted molar refractivity (Wildman–Crippen MR) is 250 cm³/mol. The van der Waals surface area contributed by atoms with Gasteiger partial charge in [-0.05, 0) is 77.0 Å². The summed E-state index contributed by atoms with van der Waals surface area (Å²) in [7, 11) is 0. The molecule has 0 aliphatic carbocycles. The van der Waals surface area contributed by atoms with Crippen molar-refractivity contribution in [2.75, 3.05) is 6.61 Å². The lowest BCUT2D eigenvalue weighted by Gasteiger charge is -2.24. The Hall–Kier alpha value is -1.92. The van der Waals surface area contributed by atoms with Crippen LogP contribution in [0.25, 0.3) is 0 Å². The highest BCUT2D eigenvalue weighted by atomic mass is 16.5. The molecule has 0 bridgehead atoms. The number of carbonyl (C=O) groups excluding carboxylic acids is 2. The molecule has 0 aromatic heterocycles. The Labute approximate surface area is 360 Å². The lowest BCUT2D eigenvalue weighted by Crippen LogP contribution is -2.46. The molecule has 0 rings (SSSR count). The van der Waals surface area contributed by atoms with Gasteiger partial charge in [-0.25, -0.2) is 0 Å². The van der Waals surface area contributed by atoms with Gasteiger partial charge in [0.05, 0.1) is 25.2 Å². The summed E-state index contributed by atoms with van der Waals surface area (Å²) in [5, 5.41) is 23.7. The molecule has 0 aromatic rings. The number of hydrogen-bond donors (Lipinski definition) is 3. The van der Waals surface area contributed by atoms with Gasteiger partial charge < -0.3 is 20.3 Å². The second-order valence-corrected chi connectivity index (χ2v) is 17.2. The second-order valence-electron chi connectivity index (χ2n) is 17.2. The highest BCUT2D eigenvalue weighted by Crippen LogP contribution is 2.17. The molecule has 0 fully saturated rings. The molecule has 0 aliphatic heterocycles. The molecule has 3 atom stereocenters. The van der Waals surface area contributed by atoms with Gasteiger partial charge in [-0.3, -0.25) is 9.59 Å². The zero-order chi connectivity index (χ0) is 42.4. The van der Waals surface area contributed by atoms with Crippen LogP contribution < -0.4 is 5.32 Å². The molecule has 0 radical (unpaired) electrons. The molecule has 340 valence electrons. The first-order valence-electron chi connectivity index (χ1n) is 25.2. The minimum absolute atomic E-state index is 0.0689. The van der Waals surface area contributed by atoms with E-state index in [2.05, 4.69) is 62.5 Å². The van der Waals surface area contributed by atoms with E-state index in [-0.39, 0.29) is 24.9 Å². The number of aliphatic hydroxyl groups excluding tert-OH is 2. The summed E-state index contributed by atoms with van der Waals surface area (Å²) >= 11 is 0. The quantitative estimate of drug-likeness (QED) is 0.0246. The van der Waals surface area contributed by atoms with Crippen LogP contribution in [0, 0.1) is 0 Å². The van der Waals surface area contributed by atoms with E-state index in [9.17, 15) is 19.8 Å². The fourth-order valence-electron chi connectivity index (χ4n) is 7.59. The first-order valence-corrected chi connectivity index (χ1v) is 25.2. The smallest absolute Gasteiger partial charge is 0.306 e. The Bertz CT molecular complexity index is 961. The minimum Gasteiger partial charge on any atom is -0.462 e. The number of amides is 1. The van der Waals surface area contributed by atoms with Gasteiger partial charge in [0.25, 0.3) is 0 Å². The van der Waals surface area contributed by atoms with E-state index in [1.807, 2.05) is 0 Å². The van der Waals surface area contributed by atoms with Crippen LogP contribution >= 0.6 is 0 Å². The Balaban J connectivity index is 4.60. The normalized spacial score (nSPS) is 13.5. The minimum atomic E-state index is -0.788. The average molecular weight is 816 g/mol. The van der Waals surface area contributed by atoms with Crippen LogP contribution in [0.15, 0.2) is 36.5 Å². The van der Waals surface area contributed by atoms with E-state index >= 15 is 0 Å². The van der Waals surface area contributed by atoms with Crippen LogP contribution in [0.3, 0.4) is 0 Å². The SMILES string of the molecule is CCCCC/C=C/C=C/CCCCCCCCC(=O)OC(CCCCCCC/C=C/CCCCCCCC)CC(=O)NC(CO)C(O)CCCCCCCCCCC. The van der Waals surface area contributed by atoms with Crippen molar-refractivity contribution in [2.24, 2.45) is 0 Å². The zero-order valence-electron chi connectivity index (χ0n) is 38.7. The number of allylic oxidation sites excluding steroid dienone is 6. The largest absolute Gasteiger partial charge is 0.462 e. The molecule has 1 amide bonds. The number of ether oxygens (including phenoxy) is 1. The summed E-state index contributed by atoms with van der Waals surface area (Å²) in [5.74, 6) is -0.490. The van der Waals surface area contributed by atoms with Crippen LogP contribution in [0.1, 0.15) is 258 Å². The molecular weight excluding hydrogens is 719 g/mol. The van der Waals surface area contributed by atoms with Crippen molar-refractivity contribution in [2.45, 2.75) is 277 Å². The molecule has 6 heteroatoms. The van der Waals surface area contributed by atoms with Crippen molar-refractivity contribution >= 4 is 11.9 Å². The molecule has 0 aliphatic rings. The molecule has 0 spiro atoms. The maximum absolute atomic E-state index is 13.2. The highest BCUT2D eigenvalue weighted by Gasteiger charge is 2.24. The van der Waals surface area contributed by atoms with Gasteiger partial charge in [0, 0.05) is 6.42 Å². The van der Waals surface area contributed by atoms with Crippen LogP contribution in [0.5, 0.6) is 0 Å².